The first-order chi connectivity index (χ1) is 12.8. The molecule has 0 saturated heterocycles. The van der Waals surface area contributed by atoms with E-state index in [1.165, 1.54) is 14.0 Å². The van der Waals surface area contributed by atoms with Crippen molar-refractivity contribution in [3.05, 3.63) is 58.6 Å². The van der Waals surface area contributed by atoms with Gasteiger partial charge in [0.1, 0.15) is 10.8 Å². The summed E-state index contributed by atoms with van der Waals surface area (Å²) in [5.41, 5.74) is 2.39. The molecule has 2 aromatic rings. The van der Waals surface area contributed by atoms with Gasteiger partial charge in [0.2, 0.25) is 5.91 Å². The molecular formula is C20H17ClN2O4. The number of hydrogen-bond acceptors (Lipinski definition) is 4. The number of carbonyl (C=O) groups is 3. The van der Waals surface area contributed by atoms with E-state index in [0.717, 1.165) is 10.5 Å². The third-order valence-electron chi connectivity index (χ3n) is 4.10. The lowest BCUT2D eigenvalue weighted by molar-refractivity contribution is -0.120. The van der Waals surface area contributed by atoms with Crippen molar-refractivity contribution < 1.29 is 19.1 Å². The molecule has 6 nitrogen and oxygen atoms in total. The molecule has 1 heterocycles. The van der Waals surface area contributed by atoms with Gasteiger partial charge < -0.3 is 10.1 Å². The van der Waals surface area contributed by atoms with Crippen LogP contribution in [0.1, 0.15) is 18.1 Å². The minimum absolute atomic E-state index is 0.111. The summed E-state index contributed by atoms with van der Waals surface area (Å²) >= 11 is 6.22. The number of methoxy groups -OCH3 is 1. The van der Waals surface area contributed by atoms with E-state index in [9.17, 15) is 14.4 Å². The van der Waals surface area contributed by atoms with Gasteiger partial charge in [0.25, 0.3) is 11.8 Å². The molecule has 7 heteroatoms. The molecule has 0 spiro atoms. The quantitative estimate of drug-likeness (QED) is 0.819. The minimum atomic E-state index is -0.605. The summed E-state index contributed by atoms with van der Waals surface area (Å²) in [6, 6.07) is 11.8. The molecule has 3 amide bonds. The predicted octanol–water partition coefficient (Wildman–Crippen LogP) is 3.49. The number of halogens is 1. The highest BCUT2D eigenvalue weighted by Gasteiger charge is 2.40. The number of aryl methyl sites for hydroxylation is 1. The van der Waals surface area contributed by atoms with E-state index in [0.29, 0.717) is 22.7 Å². The number of anilines is 2. The van der Waals surface area contributed by atoms with E-state index in [-0.39, 0.29) is 16.5 Å². The molecule has 0 aromatic heterocycles. The van der Waals surface area contributed by atoms with E-state index in [4.69, 9.17) is 16.3 Å². The maximum atomic E-state index is 13.0. The van der Waals surface area contributed by atoms with Crippen molar-refractivity contribution in [2.45, 2.75) is 13.8 Å². The van der Waals surface area contributed by atoms with E-state index >= 15 is 0 Å². The van der Waals surface area contributed by atoms with Crippen LogP contribution in [0.2, 0.25) is 0 Å². The summed E-state index contributed by atoms with van der Waals surface area (Å²) in [5.74, 6) is -0.938. The Morgan fingerprint density at radius 2 is 1.74 bits per heavy atom. The predicted molar refractivity (Wildman–Crippen MR) is 104 cm³/mol. The zero-order valence-corrected chi connectivity index (χ0v) is 15.8. The molecule has 2 aromatic carbocycles. The zero-order valence-electron chi connectivity index (χ0n) is 15.0. The first-order valence-electron chi connectivity index (χ1n) is 8.14. The third kappa shape index (κ3) is 3.44. The molecule has 1 aliphatic rings. The average Bonchev–Trinajstić information content (AvgIpc) is 2.84. The SMILES string of the molecule is COc1ccc(C)cc1N1C(=O)C(Cl)=C(c2ccc(NC(C)=O)cc2)C1=O. The van der Waals surface area contributed by atoms with Crippen molar-refractivity contribution in [1.82, 2.24) is 0 Å². The second-order valence-electron chi connectivity index (χ2n) is 6.07. The Kier molecular flexibility index (Phi) is 5.01. The number of nitrogens with zero attached hydrogens (tertiary/aromatic N) is 1. The van der Waals surface area contributed by atoms with Crippen molar-refractivity contribution in [3.63, 3.8) is 0 Å². The number of nitrogens with one attached hydrogen (secondary N) is 1. The molecule has 0 aliphatic carbocycles. The molecule has 0 bridgehead atoms. The highest BCUT2D eigenvalue weighted by Crippen LogP contribution is 2.39. The van der Waals surface area contributed by atoms with Crippen LogP contribution in [0, 0.1) is 6.92 Å². The Balaban J connectivity index is 2.00. The molecule has 0 fully saturated rings. The Morgan fingerprint density at radius 1 is 1.07 bits per heavy atom. The molecule has 1 aliphatic heterocycles. The van der Waals surface area contributed by atoms with Crippen LogP contribution in [0.5, 0.6) is 5.75 Å². The average molecular weight is 385 g/mol. The molecule has 0 unspecified atom stereocenters. The molecule has 0 radical (unpaired) electrons. The monoisotopic (exact) mass is 384 g/mol. The standard InChI is InChI=1S/C20H17ClN2O4/c1-11-4-9-16(27-3)15(10-11)23-19(25)17(18(21)20(23)26)13-5-7-14(8-6-13)22-12(2)24/h4-10H,1-3H3,(H,22,24). The molecule has 0 saturated carbocycles. The smallest absolute Gasteiger partial charge is 0.277 e. The van der Waals surface area contributed by atoms with Gasteiger partial charge >= 0.3 is 0 Å². The second-order valence-corrected chi connectivity index (χ2v) is 6.45. The Hall–Kier alpha value is -3.12. The second kappa shape index (κ2) is 7.25. The Bertz CT molecular complexity index is 980. The van der Waals surface area contributed by atoms with Gasteiger partial charge in [-0.05, 0) is 42.3 Å². The maximum absolute atomic E-state index is 13.0. The van der Waals surface area contributed by atoms with E-state index < -0.39 is 11.8 Å². The fourth-order valence-electron chi connectivity index (χ4n) is 2.87. The van der Waals surface area contributed by atoms with Crippen molar-refractivity contribution in [2.75, 3.05) is 17.3 Å². The maximum Gasteiger partial charge on any atom is 0.277 e. The summed E-state index contributed by atoms with van der Waals surface area (Å²) in [5, 5.41) is 2.49. The number of hydrogen-bond donors (Lipinski definition) is 1. The molecule has 138 valence electrons. The first-order valence-corrected chi connectivity index (χ1v) is 8.52. The number of imide groups is 1. The largest absolute Gasteiger partial charge is 0.495 e. The highest BCUT2D eigenvalue weighted by atomic mass is 35.5. The summed E-state index contributed by atoms with van der Waals surface area (Å²) in [6.07, 6.45) is 0. The normalized spacial score (nSPS) is 14.0. The van der Waals surface area contributed by atoms with Gasteiger partial charge in [0.15, 0.2) is 0 Å². The highest BCUT2D eigenvalue weighted by molar-refractivity contribution is 6.60. The number of ether oxygens (including phenoxy) is 1. The zero-order chi connectivity index (χ0) is 19.7. The summed E-state index contributed by atoms with van der Waals surface area (Å²) in [4.78, 5) is 37.9. The fourth-order valence-corrected chi connectivity index (χ4v) is 3.14. The molecule has 27 heavy (non-hydrogen) atoms. The van der Waals surface area contributed by atoms with Crippen LogP contribution in [0.15, 0.2) is 47.5 Å². The van der Waals surface area contributed by atoms with Gasteiger partial charge in [0, 0.05) is 12.6 Å². The molecule has 1 N–H and O–H groups in total. The van der Waals surface area contributed by atoms with Crippen LogP contribution in [-0.2, 0) is 14.4 Å². The van der Waals surface area contributed by atoms with E-state index in [1.54, 1.807) is 36.4 Å². The molecule has 0 atom stereocenters. The van der Waals surface area contributed by atoms with Crippen molar-refractivity contribution >= 4 is 46.3 Å². The summed E-state index contributed by atoms with van der Waals surface area (Å²) in [7, 11) is 1.47. The lowest BCUT2D eigenvalue weighted by atomic mass is 10.1. The first kappa shape index (κ1) is 18.7. The van der Waals surface area contributed by atoms with Gasteiger partial charge in [0.05, 0.1) is 18.4 Å². The number of amides is 3. The van der Waals surface area contributed by atoms with Crippen molar-refractivity contribution in [1.29, 1.82) is 0 Å². The fraction of sp³-hybridized carbons (Fsp3) is 0.150. The Labute approximate surface area is 161 Å². The van der Waals surface area contributed by atoms with Gasteiger partial charge in [-0.2, -0.15) is 0 Å². The van der Waals surface area contributed by atoms with Gasteiger partial charge in [-0.1, -0.05) is 29.8 Å². The lowest BCUT2D eigenvalue weighted by Crippen LogP contribution is -2.31. The number of benzene rings is 2. The number of rotatable bonds is 4. The van der Waals surface area contributed by atoms with Crippen LogP contribution in [0.4, 0.5) is 11.4 Å². The van der Waals surface area contributed by atoms with E-state index in [1.807, 2.05) is 13.0 Å². The van der Waals surface area contributed by atoms with Crippen LogP contribution in [0.3, 0.4) is 0 Å². The van der Waals surface area contributed by atoms with Crippen LogP contribution < -0.4 is 15.0 Å². The topological polar surface area (TPSA) is 75.7 Å². The van der Waals surface area contributed by atoms with Gasteiger partial charge in [-0.25, -0.2) is 4.90 Å². The Morgan fingerprint density at radius 3 is 2.33 bits per heavy atom. The van der Waals surface area contributed by atoms with Crippen LogP contribution in [0.25, 0.3) is 5.57 Å². The third-order valence-corrected chi connectivity index (χ3v) is 4.45. The lowest BCUT2D eigenvalue weighted by Gasteiger charge is -2.18. The van der Waals surface area contributed by atoms with Gasteiger partial charge in [-0.15, -0.1) is 0 Å². The van der Waals surface area contributed by atoms with Crippen LogP contribution in [-0.4, -0.2) is 24.8 Å². The van der Waals surface area contributed by atoms with Crippen molar-refractivity contribution in [3.8, 4) is 5.75 Å². The summed E-state index contributed by atoms with van der Waals surface area (Å²) < 4.78 is 5.29. The van der Waals surface area contributed by atoms with Crippen molar-refractivity contribution in [2.24, 2.45) is 0 Å². The number of carbonyl (C=O) groups excluding carboxylic acids is 3. The van der Waals surface area contributed by atoms with E-state index in [2.05, 4.69) is 5.32 Å². The molecule has 3 rings (SSSR count). The van der Waals surface area contributed by atoms with Gasteiger partial charge in [-0.3, -0.25) is 14.4 Å². The summed E-state index contributed by atoms with van der Waals surface area (Å²) in [6.45, 7) is 3.25. The van der Waals surface area contributed by atoms with Crippen LogP contribution >= 0.6 is 11.6 Å². The minimum Gasteiger partial charge on any atom is -0.495 e. The molecular weight excluding hydrogens is 368 g/mol.